The molecule has 3 amide bonds. The maximum absolute atomic E-state index is 13.6. The van der Waals surface area contributed by atoms with E-state index in [1.54, 1.807) is 59.1 Å². The number of benzene rings is 2. The van der Waals surface area contributed by atoms with Crippen LogP contribution < -0.4 is 26.0 Å². The highest BCUT2D eigenvalue weighted by molar-refractivity contribution is 5.98. The normalized spacial score (nSPS) is 12.8. The molecule has 0 bridgehead atoms. The van der Waals surface area contributed by atoms with Crippen LogP contribution in [0.15, 0.2) is 67.1 Å². The molecular formula is C33H44N6O7. The molecule has 1 aromatic heterocycles. The van der Waals surface area contributed by atoms with E-state index in [9.17, 15) is 19.2 Å². The van der Waals surface area contributed by atoms with Gasteiger partial charge >= 0.3 is 12.1 Å². The molecule has 0 radical (unpaired) electrons. The smallest absolute Gasteiger partial charge is 0.408 e. The molecule has 0 aliphatic rings. The van der Waals surface area contributed by atoms with Gasteiger partial charge in [-0.25, -0.2) is 14.6 Å². The van der Waals surface area contributed by atoms with E-state index in [4.69, 9.17) is 14.2 Å². The van der Waals surface area contributed by atoms with E-state index in [2.05, 4.69) is 26.3 Å². The first-order valence-electron chi connectivity index (χ1n) is 14.9. The summed E-state index contributed by atoms with van der Waals surface area (Å²) in [6.07, 6.45) is 2.15. The lowest BCUT2D eigenvalue weighted by Crippen LogP contribution is -2.60. The van der Waals surface area contributed by atoms with Crippen LogP contribution in [0.1, 0.15) is 58.7 Å². The molecule has 3 aromatic rings. The fourth-order valence-electron chi connectivity index (χ4n) is 4.31. The second-order valence-corrected chi connectivity index (χ2v) is 12.0. The number of ether oxygens (including phenoxy) is 3. The first-order valence-corrected chi connectivity index (χ1v) is 14.9. The van der Waals surface area contributed by atoms with E-state index in [0.29, 0.717) is 17.9 Å². The minimum atomic E-state index is -1.41. The van der Waals surface area contributed by atoms with E-state index in [0.717, 1.165) is 5.56 Å². The standard InChI is InChI=1S/C33H44N6O7/c1-8-45-29(41)27(23-14-16-24(44-7)17-15-23)39-20-26(35-21-39)37-28(40)25(19-34-18-22-12-10-9-11-13-22)36-30(42)33(5,6)38-31(43)46-32(2,3)4/h9-17,20-21,25,27,34H,8,18-19H2,1-7H3,(H,36,42)(H,37,40)(H,38,43). The lowest BCUT2D eigenvalue weighted by molar-refractivity contribution is -0.145. The van der Waals surface area contributed by atoms with E-state index >= 15 is 0 Å². The second-order valence-electron chi connectivity index (χ2n) is 12.0. The van der Waals surface area contributed by atoms with Gasteiger partial charge in [-0.15, -0.1) is 0 Å². The maximum atomic E-state index is 13.6. The average molecular weight is 637 g/mol. The average Bonchev–Trinajstić information content (AvgIpc) is 3.43. The van der Waals surface area contributed by atoms with Crippen molar-refractivity contribution in [2.24, 2.45) is 0 Å². The number of methoxy groups -OCH3 is 1. The summed E-state index contributed by atoms with van der Waals surface area (Å²) in [5, 5.41) is 11.2. The van der Waals surface area contributed by atoms with Crippen LogP contribution in [0.25, 0.3) is 0 Å². The number of hydrogen-bond donors (Lipinski definition) is 4. The van der Waals surface area contributed by atoms with Crippen molar-refractivity contribution < 1.29 is 33.4 Å². The largest absolute Gasteiger partial charge is 0.497 e. The van der Waals surface area contributed by atoms with E-state index in [1.165, 1.54) is 30.9 Å². The van der Waals surface area contributed by atoms with Crippen molar-refractivity contribution in [1.82, 2.24) is 25.5 Å². The van der Waals surface area contributed by atoms with Crippen LogP contribution in [0.4, 0.5) is 10.6 Å². The Morgan fingerprint density at radius 3 is 2.24 bits per heavy atom. The molecule has 0 aliphatic carbocycles. The molecule has 1 heterocycles. The monoisotopic (exact) mass is 636 g/mol. The fourth-order valence-corrected chi connectivity index (χ4v) is 4.31. The van der Waals surface area contributed by atoms with Crippen molar-refractivity contribution in [3.05, 3.63) is 78.2 Å². The molecule has 13 heteroatoms. The molecule has 46 heavy (non-hydrogen) atoms. The molecule has 13 nitrogen and oxygen atoms in total. The summed E-state index contributed by atoms with van der Waals surface area (Å²) in [6, 6.07) is 14.6. The number of esters is 1. The van der Waals surface area contributed by atoms with Crippen molar-refractivity contribution in [3.63, 3.8) is 0 Å². The number of imidazole rings is 1. The summed E-state index contributed by atoms with van der Waals surface area (Å²) >= 11 is 0. The van der Waals surface area contributed by atoms with Gasteiger partial charge < -0.3 is 40.0 Å². The predicted molar refractivity (Wildman–Crippen MR) is 172 cm³/mol. The zero-order valence-corrected chi connectivity index (χ0v) is 27.4. The number of amides is 3. The van der Waals surface area contributed by atoms with E-state index in [1.807, 2.05) is 30.3 Å². The molecule has 0 fully saturated rings. The second kappa shape index (κ2) is 15.9. The molecular weight excluding hydrogens is 592 g/mol. The molecule has 0 aliphatic heterocycles. The Morgan fingerprint density at radius 2 is 1.63 bits per heavy atom. The number of nitrogens with one attached hydrogen (secondary N) is 4. The SMILES string of the molecule is CCOC(=O)C(c1ccc(OC)cc1)n1cnc(NC(=O)C(CNCc2ccccc2)NC(=O)C(C)(C)NC(=O)OC(C)(C)C)c1. The van der Waals surface area contributed by atoms with Gasteiger partial charge in [0.15, 0.2) is 11.9 Å². The third-order valence-corrected chi connectivity index (χ3v) is 6.62. The van der Waals surface area contributed by atoms with Gasteiger partial charge in [0, 0.05) is 19.3 Å². The molecule has 0 saturated heterocycles. The lowest BCUT2D eigenvalue weighted by Gasteiger charge is -2.29. The van der Waals surface area contributed by atoms with Crippen LogP contribution in [0.5, 0.6) is 5.75 Å². The van der Waals surface area contributed by atoms with Gasteiger partial charge in [0.2, 0.25) is 11.8 Å². The molecule has 0 saturated carbocycles. The molecule has 2 atom stereocenters. The van der Waals surface area contributed by atoms with Crippen LogP contribution in [0, 0.1) is 0 Å². The fraction of sp³-hybridized carbons (Fsp3) is 0.424. The highest BCUT2D eigenvalue weighted by Gasteiger charge is 2.34. The summed E-state index contributed by atoms with van der Waals surface area (Å²) in [5.74, 6) is -0.889. The minimum absolute atomic E-state index is 0.0625. The number of aromatic nitrogens is 2. The predicted octanol–water partition coefficient (Wildman–Crippen LogP) is 3.56. The summed E-state index contributed by atoms with van der Waals surface area (Å²) in [7, 11) is 1.55. The molecule has 2 unspecified atom stereocenters. The van der Waals surface area contributed by atoms with Gasteiger partial charge in [-0.3, -0.25) is 9.59 Å². The number of anilines is 1. The van der Waals surface area contributed by atoms with Crippen LogP contribution in [0.3, 0.4) is 0 Å². The first-order chi connectivity index (χ1) is 21.7. The summed E-state index contributed by atoms with van der Waals surface area (Å²) in [6.45, 7) is 10.6. The number of carbonyl (C=O) groups is 4. The van der Waals surface area contributed by atoms with Crippen LogP contribution in [-0.2, 0) is 30.4 Å². The number of carbonyl (C=O) groups excluding carboxylic acids is 4. The summed E-state index contributed by atoms with van der Waals surface area (Å²) < 4.78 is 17.4. The number of hydrogen-bond acceptors (Lipinski definition) is 9. The number of nitrogens with zero attached hydrogens (tertiary/aromatic N) is 2. The van der Waals surface area contributed by atoms with Gasteiger partial charge in [-0.2, -0.15) is 0 Å². The van der Waals surface area contributed by atoms with Gasteiger partial charge in [-0.1, -0.05) is 42.5 Å². The van der Waals surface area contributed by atoms with Crippen molar-refractivity contribution >= 4 is 29.7 Å². The Labute approximate surface area is 269 Å². The molecule has 0 spiro atoms. The van der Waals surface area contributed by atoms with Gasteiger partial charge in [0.1, 0.15) is 22.9 Å². The van der Waals surface area contributed by atoms with Crippen LogP contribution in [-0.4, -0.2) is 70.9 Å². The van der Waals surface area contributed by atoms with E-state index in [-0.39, 0.29) is 19.0 Å². The molecule has 2 aromatic carbocycles. The van der Waals surface area contributed by atoms with E-state index < -0.39 is 47.1 Å². The van der Waals surface area contributed by atoms with Crippen molar-refractivity contribution in [2.75, 3.05) is 25.6 Å². The lowest BCUT2D eigenvalue weighted by atomic mass is 10.0. The quantitative estimate of drug-likeness (QED) is 0.194. The Bertz CT molecular complexity index is 1470. The number of rotatable bonds is 14. The third kappa shape index (κ3) is 10.6. The third-order valence-electron chi connectivity index (χ3n) is 6.62. The first kappa shape index (κ1) is 35.6. The van der Waals surface area contributed by atoms with Crippen LogP contribution in [0.2, 0.25) is 0 Å². The highest BCUT2D eigenvalue weighted by Crippen LogP contribution is 2.24. The Kier molecular flexibility index (Phi) is 12.3. The Hall–Kier alpha value is -4.91. The van der Waals surface area contributed by atoms with Gasteiger partial charge in [0.25, 0.3) is 0 Å². The summed E-state index contributed by atoms with van der Waals surface area (Å²) in [5.41, 5.74) is -0.553. The van der Waals surface area contributed by atoms with Gasteiger partial charge in [-0.05, 0) is 64.8 Å². The Morgan fingerprint density at radius 1 is 0.957 bits per heavy atom. The Balaban J connectivity index is 1.79. The maximum Gasteiger partial charge on any atom is 0.408 e. The zero-order chi connectivity index (χ0) is 33.9. The molecule has 3 rings (SSSR count). The van der Waals surface area contributed by atoms with Crippen LogP contribution >= 0.6 is 0 Å². The molecule has 248 valence electrons. The molecule has 4 N–H and O–H groups in total. The van der Waals surface area contributed by atoms with Crippen molar-refractivity contribution in [3.8, 4) is 5.75 Å². The summed E-state index contributed by atoms with van der Waals surface area (Å²) in [4.78, 5) is 56.5. The highest BCUT2D eigenvalue weighted by atomic mass is 16.6. The topological polar surface area (TPSA) is 162 Å². The van der Waals surface area contributed by atoms with Crippen molar-refractivity contribution in [1.29, 1.82) is 0 Å². The zero-order valence-electron chi connectivity index (χ0n) is 27.4. The van der Waals surface area contributed by atoms with Crippen molar-refractivity contribution in [2.45, 2.75) is 71.3 Å². The number of alkyl carbamates (subject to hydrolysis) is 1. The van der Waals surface area contributed by atoms with Gasteiger partial charge in [0.05, 0.1) is 20.0 Å². The minimum Gasteiger partial charge on any atom is -0.497 e.